The van der Waals surface area contributed by atoms with Crippen LogP contribution in [-0.2, 0) is 16.6 Å². The van der Waals surface area contributed by atoms with Crippen LogP contribution in [0.5, 0.6) is 0 Å². The van der Waals surface area contributed by atoms with Crippen LogP contribution in [0.25, 0.3) is 11.4 Å². The molecule has 2 unspecified atom stereocenters. The van der Waals surface area contributed by atoms with Crippen molar-refractivity contribution in [2.75, 3.05) is 11.9 Å². The fourth-order valence-corrected chi connectivity index (χ4v) is 3.44. The molecule has 0 bridgehead atoms. The molecule has 6 nitrogen and oxygen atoms in total. The fourth-order valence-electron chi connectivity index (χ4n) is 3.44. The number of nitrogens with one attached hydrogen (secondary N) is 1. The first-order chi connectivity index (χ1) is 11.8. The van der Waals surface area contributed by atoms with Gasteiger partial charge in [-0.2, -0.15) is 0 Å². The molecule has 1 aliphatic carbocycles. The number of aryl methyl sites for hydroxylation is 1. The molecular weight excluding hydrogens is 316 g/mol. The lowest BCUT2D eigenvalue weighted by molar-refractivity contribution is -0.166. The number of amides is 1. The van der Waals surface area contributed by atoms with Gasteiger partial charge in [0.25, 0.3) is 0 Å². The first-order valence-corrected chi connectivity index (χ1v) is 8.59. The Hall–Kier alpha value is -2.18. The lowest BCUT2D eigenvalue weighted by atomic mass is 9.54. The number of nitrogens with two attached hydrogens (primary N) is 1. The van der Waals surface area contributed by atoms with Crippen LogP contribution in [0.3, 0.4) is 0 Å². The van der Waals surface area contributed by atoms with E-state index in [1.165, 1.54) is 0 Å². The summed E-state index contributed by atoms with van der Waals surface area (Å²) < 4.78 is 7.64. The monoisotopic (exact) mass is 342 g/mol. The average molecular weight is 342 g/mol. The van der Waals surface area contributed by atoms with Gasteiger partial charge in [0.15, 0.2) is 0 Å². The Morgan fingerprint density at radius 3 is 2.84 bits per heavy atom. The van der Waals surface area contributed by atoms with E-state index in [1.807, 2.05) is 62.8 Å². The van der Waals surface area contributed by atoms with Crippen molar-refractivity contribution < 1.29 is 9.53 Å². The van der Waals surface area contributed by atoms with Crippen LogP contribution < -0.4 is 11.1 Å². The number of carbonyl (C=O) groups is 1. The van der Waals surface area contributed by atoms with Gasteiger partial charge in [-0.25, -0.2) is 4.98 Å². The maximum absolute atomic E-state index is 12.8. The minimum absolute atomic E-state index is 0.00662. The van der Waals surface area contributed by atoms with Crippen molar-refractivity contribution in [2.45, 2.75) is 38.8 Å². The highest BCUT2D eigenvalue weighted by Gasteiger charge is 2.62. The highest BCUT2D eigenvalue weighted by molar-refractivity contribution is 6.00. The second kappa shape index (κ2) is 6.28. The molecule has 6 heteroatoms. The van der Waals surface area contributed by atoms with Gasteiger partial charge in [0.05, 0.1) is 6.10 Å². The zero-order chi connectivity index (χ0) is 18.2. The summed E-state index contributed by atoms with van der Waals surface area (Å²) in [7, 11) is 1.94. The minimum Gasteiger partial charge on any atom is -0.378 e. The lowest BCUT2D eigenvalue weighted by Gasteiger charge is -2.57. The Morgan fingerprint density at radius 1 is 1.48 bits per heavy atom. The van der Waals surface area contributed by atoms with E-state index < -0.39 is 11.0 Å². The van der Waals surface area contributed by atoms with Gasteiger partial charge in [-0.05, 0) is 19.1 Å². The molecule has 1 aromatic heterocycles. The molecule has 0 spiro atoms. The lowest BCUT2D eigenvalue weighted by Crippen LogP contribution is -2.74. The maximum Gasteiger partial charge on any atom is 0.245 e. The SMILES string of the molecule is CCOC1CC(N)(C(=O)Nc2cccc(-c3nccn3C)c2)C1(C)C. The number of aromatic nitrogens is 2. The number of nitrogens with zero attached hydrogens (tertiary/aromatic N) is 2. The van der Waals surface area contributed by atoms with E-state index in [-0.39, 0.29) is 12.0 Å². The van der Waals surface area contributed by atoms with Crippen LogP contribution in [0.1, 0.15) is 27.2 Å². The van der Waals surface area contributed by atoms with Gasteiger partial charge in [0.2, 0.25) is 5.91 Å². The third kappa shape index (κ3) is 2.85. The Bertz CT molecular complexity index is 783. The van der Waals surface area contributed by atoms with E-state index in [0.717, 1.165) is 11.4 Å². The highest BCUT2D eigenvalue weighted by Crippen LogP contribution is 2.50. The molecule has 1 aliphatic rings. The van der Waals surface area contributed by atoms with Gasteiger partial charge in [-0.3, -0.25) is 4.79 Å². The number of imidazole rings is 1. The molecule has 0 saturated heterocycles. The van der Waals surface area contributed by atoms with Crippen molar-refractivity contribution in [1.29, 1.82) is 0 Å². The smallest absolute Gasteiger partial charge is 0.245 e. The Labute approximate surface area is 148 Å². The number of ether oxygens (including phenoxy) is 1. The van der Waals surface area contributed by atoms with Crippen LogP contribution >= 0.6 is 0 Å². The zero-order valence-electron chi connectivity index (χ0n) is 15.2. The summed E-state index contributed by atoms with van der Waals surface area (Å²) in [5, 5.41) is 2.97. The second-order valence-corrected chi connectivity index (χ2v) is 7.24. The molecule has 134 valence electrons. The molecule has 3 N–H and O–H groups in total. The molecule has 0 radical (unpaired) electrons. The quantitative estimate of drug-likeness (QED) is 0.875. The van der Waals surface area contributed by atoms with Crippen LogP contribution in [0.15, 0.2) is 36.7 Å². The first kappa shape index (κ1) is 17.6. The number of carbonyl (C=O) groups excluding carboxylic acids is 1. The van der Waals surface area contributed by atoms with Crippen molar-refractivity contribution in [3.05, 3.63) is 36.7 Å². The zero-order valence-corrected chi connectivity index (χ0v) is 15.2. The van der Waals surface area contributed by atoms with Crippen LogP contribution in [0.4, 0.5) is 5.69 Å². The van der Waals surface area contributed by atoms with E-state index in [1.54, 1.807) is 6.20 Å². The average Bonchev–Trinajstić information content (AvgIpc) is 3.00. The largest absolute Gasteiger partial charge is 0.378 e. The van der Waals surface area contributed by atoms with Crippen LogP contribution in [0.2, 0.25) is 0 Å². The van der Waals surface area contributed by atoms with Gasteiger partial charge < -0.3 is 20.4 Å². The van der Waals surface area contributed by atoms with E-state index in [9.17, 15) is 4.79 Å². The number of hydrogen-bond donors (Lipinski definition) is 2. The summed E-state index contributed by atoms with van der Waals surface area (Å²) in [6.07, 6.45) is 4.17. The van der Waals surface area contributed by atoms with Crippen LogP contribution in [-0.4, -0.2) is 33.7 Å². The van der Waals surface area contributed by atoms with Crippen molar-refractivity contribution in [2.24, 2.45) is 18.2 Å². The van der Waals surface area contributed by atoms with E-state index in [0.29, 0.717) is 18.7 Å². The summed E-state index contributed by atoms with van der Waals surface area (Å²) in [5.41, 5.74) is 6.75. The predicted molar refractivity (Wildman–Crippen MR) is 98.0 cm³/mol. The van der Waals surface area contributed by atoms with Crippen molar-refractivity contribution >= 4 is 11.6 Å². The van der Waals surface area contributed by atoms with E-state index in [4.69, 9.17) is 10.5 Å². The topological polar surface area (TPSA) is 82.2 Å². The van der Waals surface area contributed by atoms with Gasteiger partial charge in [0, 0.05) is 49.1 Å². The van der Waals surface area contributed by atoms with Crippen molar-refractivity contribution in [3.8, 4) is 11.4 Å². The molecule has 1 heterocycles. The molecule has 0 aliphatic heterocycles. The highest BCUT2D eigenvalue weighted by atomic mass is 16.5. The summed E-state index contributed by atoms with van der Waals surface area (Å²) in [6, 6.07) is 7.64. The van der Waals surface area contributed by atoms with E-state index in [2.05, 4.69) is 10.3 Å². The van der Waals surface area contributed by atoms with Crippen LogP contribution in [0, 0.1) is 5.41 Å². The Kier molecular flexibility index (Phi) is 4.43. The van der Waals surface area contributed by atoms with Gasteiger partial charge in [-0.15, -0.1) is 0 Å². The van der Waals surface area contributed by atoms with E-state index >= 15 is 0 Å². The van der Waals surface area contributed by atoms with Gasteiger partial charge in [0.1, 0.15) is 11.4 Å². The third-order valence-corrected chi connectivity index (χ3v) is 5.43. The molecule has 1 fully saturated rings. The molecule has 1 saturated carbocycles. The minimum atomic E-state index is -0.938. The van der Waals surface area contributed by atoms with Gasteiger partial charge >= 0.3 is 0 Å². The van der Waals surface area contributed by atoms with Crippen molar-refractivity contribution in [3.63, 3.8) is 0 Å². The first-order valence-electron chi connectivity index (χ1n) is 8.59. The Morgan fingerprint density at radius 2 is 2.24 bits per heavy atom. The summed E-state index contributed by atoms with van der Waals surface area (Å²) >= 11 is 0. The number of anilines is 1. The molecule has 2 aromatic rings. The molecule has 2 atom stereocenters. The molecule has 3 rings (SSSR count). The summed E-state index contributed by atoms with van der Waals surface area (Å²) in [4.78, 5) is 17.2. The third-order valence-electron chi connectivity index (χ3n) is 5.43. The Balaban J connectivity index is 1.77. The summed E-state index contributed by atoms with van der Waals surface area (Å²) in [6.45, 7) is 6.55. The second-order valence-electron chi connectivity index (χ2n) is 7.24. The van der Waals surface area contributed by atoms with Gasteiger partial charge in [-0.1, -0.05) is 26.0 Å². The van der Waals surface area contributed by atoms with Crippen molar-refractivity contribution in [1.82, 2.24) is 9.55 Å². The molecular formula is C19H26N4O2. The standard InChI is InChI=1S/C19H26N4O2/c1-5-25-15-12-19(20,18(15,2)3)17(24)22-14-8-6-7-13(11-14)16-21-9-10-23(16)4/h6-11,15H,5,12,20H2,1-4H3,(H,22,24). The number of hydrogen-bond acceptors (Lipinski definition) is 4. The fraction of sp³-hybridized carbons (Fsp3) is 0.474. The molecule has 1 aromatic carbocycles. The number of benzene rings is 1. The molecule has 1 amide bonds. The number of rotatable bonds is 5. The summed E-state index contributed by atoms with van der Waals surface area (Å²) in [5.74, 6) is 0.671. The predicted octanol–water partition coefficient (Wildman–Crippen LogP) is 2.56. The molecule has 25 heavy (non-hydrogen) atoms. The maximum atomic E-state index is 12.8. The normalized spacial score (nSPS) is 24.6.